The summed E-state index contributed by atoms with van der Waals surface area (Å²) in [6, 6.07) is 29.2. The molecule has 2 N–H and O–H groups in total. The molecule has 0 aromatic heterocycles. The lowest BCUT2D eigenvalue weighted by atomic mass is 10.0. The highest BCUT2D eigenvalue weighted by molar-refractivity contribution is 5.97. The van der Waals surface area contributed by atoms with E-state index in [1.807, 2.05) is 48.5 Å². The first-order valence-electron chi connectivity index (χ1n) is 12.4. The van der Waals surface area contributed by atoms with E-state index in [1.54, 1.807) is 12.1 Å². The van der Waals surface area contributed by atoms with Crippen LogP contribution < -0.4 is 10.6 Å². The van der Waals surface area contributed by atoms with Crippen LogP contribution in [0.3, 0.4) is 0 Å². The van der Waals surface area contributed by atoms with E-state index in [-0.39, 0.29) is 11.8 Å². The minimum absolute atomic E-state index is 0.125. The molecule has 4 rings (SSSR count). The van der Waals surface area contributed by atoms with Gasteiger partial charge in [-0.3, -0.25) is 9.59 Å². The molecule has 1 saturated carbocycles. The van der Waals surface area contributed by atoms with Crippen molar-refractivity contribution in [3.63, 3.8) is 0 Å². The lowest BCUT2D eigenvalue weighted by Gasteiger charge is -2.19. The summed E-state index contributed by atoms with van der Waals surface area (Å²) >= 11 is 0. The minimum Gasteiger partial charge on any atom is -0.350 e. The Hall–Kier alpha value is -3.40. The van der Waals surface area contributed by atoms with E-state index in [0.717, 1.165) is 30.2 Å². The number of rotatable bonds is 12. The maximum Gasteiger partial charge on any atom is 0.251 e. The number of nitrogens with one attached hydrogen (secondary N) is 2. The van der Waals surface area contributed by atoms with Crippen LogP contribution in [0.2, 0.25) is 0 Å². The molecule has 0 radical (unpaired) electrons. The zero-order chi connectivity index (χ0) is 23.6. The van der Waals surface area contributed by atoms with Gasteiger partial charge >= 0.3 is 0 Å². The van der Waals surface area contributed by atoms with Crippen LogP contribution in [0.5, 0.6) is 0 Å². The molecule has 2 unspecified atom stereocenters. The molecule has 1 aliphatic rings. The Morgan fingerprint density at radius 2 is 1.44 bits per heavy atom. The van der Waals surface area contributed by atoms with Gasteiger partial charge < -0.3 is 10.6 Å². The van der Waals surface area contributed by atoms with Gasteiger partial charge in [0, 0.05) is 12.1 Å². The van der Waals surface area contributed by atoms with Crippen molar-refractivity contribution in [2.45, 2.75) is 57.0 Å². The van der Waals surface area contributed by atoms with Crippen LogP contribution in [0.15, 0.2) is 91.0 Å². The van der Waals surface area contributed by atoms with Gasteiger partial charge in [0.05, 0.1) is 0 Å². The molecule has 2 amide bonds. The predicted octanol–water partition coefficient (Wildman–Crippen LogP) is 5.86. The number of carbonyl (C=O) groups excluding carboxylic acids is 2. The molecule has 4 heteroatoms. The van der Waals surface area contributed by atoms with Gasteiger partial charge in [0.25, 0.3) is 5.91 Å². The molecule has 4 nitrogen and oxygen atoms in total. The third-order valence-electron chi connectivity index (χ3n) is 6.69. The molecule has 3 aromatic rings. The zero-order valence-corrected chi connectivity index (χ0v) is 19.7. The van der Waals surface area contributed by atoms with Gasteiger partial charge in [-0.1, -0.05) is 98.1 Å². The van der Waals surface area contributed by atoms with Gasteiger partial charge in [-0.05, 0) is 54.4 Å². The SMILES string of the molecule is O=C(N[C@@H](CCCCCC1CC1c1ccccc1)C(=O)NCc1ccccc1)c1ccccc1. The van der Waals surface area contributed by atoms with Crippen molar-refractivity contribution >= 4 is 11.8 Å². The van der Waals surface area contributed by atoms with Crippen molar-refractivity contribution in [3.8, 4) is 0 Å². The van der Waals surface area contributed by atoms with E-state index in [1.165, 1.54) is 24.8 Å². The second kappa shape index (κ2) is 12.2. The van der Waals surface area contributed by atoms with Gasteiger partial charge in [-0.2, -0.15) is 0 Å². The predicted molar refractivity (Wildman–Crippen MR) is 136 cm³/mol. The molecule has 0 heterocycles. The monoisotopic (exact) mass is 454 g/mol. The van der Waals surface area contributed by atoms with Crippen LogP contribution in [-0.4, -0.2) is 17.9 Å². The van der Waals surface area contributed by atoms with E-state index in [0.29, 0.717) is 18.5 Å². The van der Waals surface area contributed by atoms with E-state index < -0.39 is 6.04 Å². The number of hydrogen-bond donors (Lipinski definition) is 2. The first-order chi connectivity index (χ1) is 16.7. The van der Waals surface area contributed by atoms with Crippen LogP contribution in [0.25, 0.3) is 0 Å². The van der Waals surface area contributed by atoms with Crippen LogP contribution >= 0.6 is 0 Å². The molecule has 0 bridgehead atoms. The first kappa shape index (κ1) is 23.7. The third kappa shape index (κ3) is 7.05. The minimum atomic E-state index is -0.533. The van der Waals surface area contributed by atoms with Crippen molar-refractivity contribution in [1.82, 2.24) is 10.6 Å². The molecule has 3 atom stereocenters. The van der Waals surface area contributed by atoms with E-state index in [2.05, 4.69) is 41.0 Å². The average molecular weight is 455 g/mol. The smallest absolute Gasteiger partial charge is 0.251 e. The summed E-state index contributed by atoms with van der Waals surface area (Å²) in [6.07, 6.45) is 6.33. The summed E-state index contributed by atoms with van der Waals surface area (Å²) in [6.45, 7) is 0.458. The van der Waals surface area contributed by atoms with Crippen LogP contribution in [0, 0.1) is 5.92 Å². The van der Waals surface area contributed by atoms with Gasteiger partial charge in [-0.15, -0.1) is 0 Å². The van der Waals surface area contributed by atoms with Crippen molar-refractivity contribution in [2.75, 3.05) is 0 Å². The fourth-order valence-corrected chi connectivity index (χ4v) is 4.62. The van der Waals surface area contributed by atoms with Crippen molar-refractivity contribution in [1.29, 1.82) is 0 Å². The highest BCUT2D eigenvalue weighted by atomic mass is 16.2. The maximum atomic E-state index is 12.9. The summed E-state index contributed by atoms with van der Waals surface area (Å²) in [5.74, 6) is 1.19. The van der Waals surface area contributed by atoms with E-state index in [4.69, 9.17) is 0 Å². The normalized spacial score (nSPS) is 17.5. The van der Waals surface area contributed by atoms with Crippen molar-refractivity contribution in [3.05, 3.63) is 108 Å². The van der Waals surface area contributed by atoms with Crippen LogP contribution in [0.1, 0.15) is 65.9 Å². The Morgan fingerprint density at radius 3 is 2.15 bits per heavy atom. The van der Waals surface area contributed by atoms with Crippen LogP contribution in [0.4, 0.5) is 0 Å². The van der Waals surface area contributed by atoms with Crippen molar-refractivity contribution in [2.24, 2.45) is 5.92 Å². The summed E-state index contributed by atoms with van der Waals surface area (Å²) < 4.78 is 0. The summed E-state index contributed by atoms with van der Waals surface area (Å²) in [5, 5.41) is 5.95. The second-order valence-corrected chi connectivity index (χ2v) is 9.25. The Morgan fingerprint density at radius 1 is 0.794 bits per heavy atom. The number of carbonyl (C=O) groups is 2. The molecule has 0 aliphatic heterocycles. The van der Waals surface area contributed by atoms with Gasteiger partial charge in [-0.25, -0.2) is 0 Å². The number of hydrogen-bond acceptors (Lipinski definition) is 2. The lowest BCUT2D eigenvalue weighted by Crippen LogP contribution is -2.46. The molecular weight excluding hydrogens is 420 g/mol. The quantitative estimate of drug-likeness (QED) is 0.337. The summed E-state index contributed by atoms with van der Waals surface area (Å²) in [5.41, 5.74) is 3.08. The van der Waals surface area contributed by atoms with E-state index in [9.17, 15) is 9.59 Å². The van der Waals surface area contributed by atoms with Crippen molar-refractivity contribution < 1.29 is 9.59 Å². The van der Waals surface area contributed by atoms with E-state index >= 15 is 0 Å². The number of benzene rings is 3. The molecule has 3 aromatic carbocycles. The Balaban J connectivity index is 1.24. The Labute approximate surface area is 202 Å². The number of unbranched alkanes of at least 4 members (excludes halogenated alkanes) is 2. The molecular formula is C30H34N2O2. The average Bonchev–Trinajstić information content (AvgIpc) is 3.67. The zero-order valence-electron chi connectivity index (χ0n) is 19.7. The lowest BCUT2D eigenvalue weighted by molar-refractivity contribution is -0.123. The fraction of sp³-hybridized carbons (Fsp3) is 0.333. The maximum absolute atomic E-state index is 12.9. The van der Waals surface area contributed by atoms with Crippen LogP contribution in [-0.2, 0) is 11.3 Å². The molecule has 34 heavy (non-hydrogen) atoms. The topological polar surface area (TPSA) is 58.2 Å². The second-order valence-electron chi connectivity index (χ2n) is 9.25. The standard InChI is InChI=1S/C30H34N2O2/c33-29(25-17-9-3-10-18-25)32-28(30(34)31-22-23-13-5-1-6-14-23)20-12-4-11-19-26-21-27(26)24-15-7-2-8-16-24/h1-3,5-10,13-18,26-28H,4,11-12,19-22H2,(H,31,34)(H,32,33)/t26?,27?,28-/m0/s1. The molecule has 176 valence electrons. The number of amides is 2. The highest BCUT2D eigenvalue weighted by Gasteiger charge is 2.37. The molecule has 0 saturated heterocycles. The van der Waals surface area contributed by atoms with Gasteiger partial charge in [0.2, 0.25) is 5.91 Å². The summed E-state index contributed by atoms with van der Waals surface area (Å²) in [4.78, 5) is 25.6. The highest BCUT2D eigenvalue weighted by Crippen LogP contribution is 2.50. The molecule has 1 aliphatic carbocycles. The fourth-order valence-electron chi connectivity index (χ4n) is 4.62. The summed E-state index contributed by atoms with van der Waals surface area (Å²) in [7, 11) is 0. The third-order valence-corrected chi connectivity index (χ3v) is 6.69. The molecule has 1 fully saturated rings. The Bertz CT molecular complexity index is 1040. The van der Waals surface area contributed by atoms with Gasteiger partial charge in [0.1, 0.15) is 6.04 Å². The Kier molecular flexibility index (Phi) is 8.50. The first-order valence-corrected chi connectivity index (χ1v) is 12.4. The van der Waals surface area contributed by atoms with Gasteiger partial charge in [0.15, 0.2) is 0 Å². The largest absolute Gasteiger partial charge is 0.350 e. The molecule has 0 spiro atoms.